The van der Waals surface area contributed by atoms with E-state index in [-0.39, 0.29) is 66.0 Å². The molecule has 0 aromatic heterocycles. The van der Waals surface area contributed by atoms with Crippen LogP contribution in [0.3, 0.4) is 0 Å². The minimum atomic E-state index is -3.83. The standard InChI is InChI=1S/2Na.H2O3S2.H2O.H/c;;1-5(2,3)4;;/h;;(H2,1,2,3,4);1H2;/q2*+1;;;-1/p-1. The van der Waals surface area contributed by atoms with Gasteiger partial charge in [-0.1, -0.05) is 0 Å². The van der Waals surface area contributed by atoms with Crippen molar-refractivity contribution in [3.8, 4) is 0 Å². The van der Waals surface area contributed by atoms with E-state index in [2.05, 4.69) is 11.2 Å². The molecule has 0 radical (unpaired) electrons. The predicted molar refractivity (Wildman–Crippen MR) is 23.8 cm³/mol. The summed E-state index contributed by atoms with van der Waals surface area (Å²) in [4.78, 5) is 0. The van der Waals surface area contributed by atoms with Crippen molar-refractivity contribution in [3.63, 3.8) is 0 Å². The fraction of sp³-hybridized carbons (Fsp3) is 0. The third-order valence-corrected chi connectivity index (χ3v) is 0. The Kier molecular flexibility index (Phi) is 26.0. The van der Waals surface area contributed by atoms with Gasteiger partial charge in [-0.25, -0.2) is 0 Å². The van der Waals surface area contributed by atoms with Gasteiger partial charge in [0.1, 0.15) is 0 Å². The Balaban J connectivity index is -0.0000000133. The van der Waals surface area contributed by atoms with Gasteiger partial charge in [-0.2, -0.15) is 4.21 Å². The van der Waals surface area contributed by atoms with E-state index in [1.54, 1.807) is 0 Å². The third-order valence-electron chi connectivity index (χ3n) is 0. The van der Waals surface area contributed by atoms with Crippen LogP contribution in [0.25, 0.3) is 0 Å². The maximum Gasteiger partial charge on any atom is 1.00 e. The number of hydrogen-bond acceptors (Lipinski definition) is 3. The normalized spacial score (nSPS) is 7.25. The van der Waals surface area contributed by atoms with Gasteiger partial charge in [-0.05, 0) is 0 Å². The zero-order chi connectivity index (χ0) is 4.50. The average Bonchev–Trinajstić information content (AvgIpc) is 0.722. The second-order valence-corrected chi connectivity index (χ2v) is 2.65. The largest absolute Gasteiger partial charge is 1.00 e. The van der Waals surface area contributed by atoms with Crippen molar-refractivity contribution in [2.24, 2.45) is 0 Å². The predicted octanol–water partition coefficient (Wildman–Crippen LogP) is -6.38. The van der Waals surface area contributed by atoms with Crippen LogP contribution in [-0.2, 0) is 20.2 Å². The maximum absolute atomic E-state index is 9.11. The van der Waals surface area contributed by atoms with Crippen LogP contribution in [0.15, 0.2) is 0 Å². The van der Waals surface area contributed by atoms with Gasteiger partial charge in [-0.3, -0.25) is 9.11 Å². The van der Waals surface area contributed by atoms with Crippen molar-refractivity contribution in [2.75, 3.05) is 0 Å². The van der Waals surface area contributed by atoms with E-state index >= 15 is 0 Å². The van der Waals surface area contributed by atoms with Gasteiger partial charge in [0, 0.05) is 11.2 Å². The van der Waals surface area contributed by atoms with Gasteiger partial charge in [-0.15, -0.1) is 0 Å². The van der Waals surface area contributed by atoms with Crippen LogP contribution in [0.1, 0.15) is 1.43 Å². The Labute approximate surface area is 98.1 Å². The molecule has 3 N–H and O–H groups in total. The van der Waals surface area contributed by atoms with Gasteiger partial charge in [0.15, 0.2) is 0 Å². The molecule has 8 heavy (non-hydrogen) atoms. The molecule has 0 aliphatic carbocycles. The molecule has 0 bridgehead atoms. The molecule has 4 nitrogen and oxygen atoms in total. The number of hydrogen-bond donors (Lipinski definition) is 2. The second-order valence-electron chi connectivity index (χ2n) is 0.448. The van der Waals surface area contributed by atoms with E-state index in [1.165, 1.54) is 0 Å². The molecule has 8 heteroatoms. The summed E-state index contributed by atoms with van der Waals surface area (Å²) in [5.41, 5.74) is 0. The zero-order valence-electron chi connectivity index (χ0n) is 5.57. The summed E-state index contributed by atoms with van der Waals surface area (Å²) in [5, 5.41) is 0. The van der Waals surface area contributed by atoms with Crippen LogP contribution in [0.2, 0.25) is 0 Å². The van der Waals surface area contributed by atoms with Crippen LogP contribution >= 0.6 is 0 Å². The molecule has 0 aliphatic heterocycles. The van der Waals surface area contributed by atoms with Gasteiger partial charge < -0.3 is 6.90 Å². The first kappa shape index (κ1) is 22.5. The minimum absolute atomic E-state index is 0. The average molecular weight is 178 g/mol. The summed E-state index contributed by atoms with van der Waals surface area (Å²) in [5.74, 6) is 0. The van der Waals surface area contributed by atoms with E-state index < -0.39 is 9.05 Å². The summed E-state index contributed by atoms with van der Waals surface area (Å²) < 4.78 is 24.0. The van der Waals surface area contributed by atoms with Gasteiger partial charge >= 0.3 is 59.1 Å². The molecule has 0 heterocycles. The van der Waals surface area contributed by atoms with Gasteiger partial charge in [0.05, 0.1) is 0 Å². The molecule has 0 aliphatic rings. The van der Waals surface area contributed by atoms with Crippen LogP contribution in [0, 0.1) is 0 Å². The Hall–Kier alpha value is 2.25. The summed E-state index contributed by atoms with van der Waals surface area (Å²) >= 11 is 3.47. The molecule has 0 rings (SSSR count). The topological polar surface area (TPSA) is 87.5 Å². The molecule has 0 fully saturated rings. The van der Waals surface area contributed by atoms with Crippen molar-refractivity contribution >= 4 is 20.2 Å². The van der Waals surface area contributed by atoms with Crippen LogP contribution in [0.4, 0.5) is 0 Å². The molecule has 0 unspecified atom stereocenters. The summed E-state index contributed by atoms with van der Waals surface area (Å²) in [6, 6.07) is 0. The van der Waals surface area contributed by atoms with Gasteiger partial charge in [0.25, 0.3) is 9.05 Å². The molecule has 0 atom stereocenters. The minimum Gasteiger partial charge on any atom is -1.00 e. The van der Waals surface area contributed by atoms with E-state index in [0.29, 0.717) is 0 Å². The number of rotatable bonds is 0. The van der Waals surface area contributed by atoms with E-state index in [9.17, 15) is 0 Å². The first-order valence-electron chi connectivity index (χ1n) is 0.698. The molecule has 0 saturated carbocycles. The SMILES string of the molecule is O=S(O)(O)=S.[H-].[Na+].[Na+].[OH-]. The quantitative estimate of drug-likeness (QED) is 0.360. The molecule has 0 amide bonds. The van der Waals surface area contributed by atoms with Crippen molar-refractivity contribution in [1.29, 1.82) is 0 Å². The van der Waals surface area contributed by atoms with Crippen molar-refractivity contribution in [3.05, 3.63) is 0 Å². The third kappa shape index (κ3) is 85.7. The van der Waals surface area contributed by atoms with Crippen LogP contribution in [-0.4, -0.2) is 18.8 Å². The summed E-state index contributed by atoms with van der Waals surface area (Å²) in [6.45, 7) is 0. The maximum atomic E-state index is 9.11. The molecule has 0 saturated heterocycles. The zero-order valence-corrected chi connectivity index (χ0v) is 10.2. The first-order valence-corrected chi connectivity index (χ1v) is 3.10. The first-order chi connectivity index (χ1) is 2.00. The van der Waals surface area contributed by atoms with E-state index in [0.717, 1.165) is 0 Å². The van der Waals surface area contributed by atoms with E-state index in [4.69, 9.17) is 13.3 Å². The summed E-state index contributed by atoms with van der Waals surface area (Å²) in [6.07, 6.45) is 0. The Bertz CT molecular complexity index is 99.7. The van der Waals surface area contributed by atoms with Crippen LogP contribution < -0.4 is 59.1 Å². The molecule has 0 aromatic carbocycles. The van der Waals surface area contributed by atoms with Crippen molar-refractivity contribution in [1.82, 2.24) is 0 Å². The fourth-order valence-corrected chi connectivity index (χ4v) is 0. The molecule has 42 valence electrons. The molecular weight excluding hydrogens is 174 g/mol. The smallest absolute Gasteiger partial charge is 1.00 e. The Morgan fingerprint density at radius 1 is 1.38 bits per heavy atom. The second kappa shape index (κ2) is 9.25. The van der Waals surface area contributed by atoms with Crippen molar-refractivity contribution in [2.45, 2.75) is 0 Å². The fourth-order valence-electron chi connectivity index (χ4n) is 0. The molecule has 0 aromatic rings. The van der Waals surface area contributed by atoms with Crippen LogP contribution in [0.5, 0.6) is 0 Å². The Morgan fingerprint density at radius 3 is 1.38 bits per heavy atom. The van der Waals surface area contributed by atoms with E-state index in [1.807, 2.05) is 0 Å². The summed E-state index contributed by atoms with van der Waals surface area (Å²) in [7, 11) is -3.83. The van der Waals surface area contributed by atoms with Gasteiger partial charge in [0.2, 0.25) is 0 Å². The monoisotopic (exact) mass is 178 g/mol. The molecular formula is H4Na2O4S2. The molecule has 0 spiro atoms. The van der Waals surface area contributed by atoms with Crippen molar-refractivity contribution < 1.29 is 79.3 Å². The Morgan fingerprint density at radius 2 is 1.38 bits per heavy atom.